The average molecular weight is 727 g/mol. The zero-order valence-electron chi connectivity index (χ0n) is 31.0. The summed E-state index contributed by atoms with van der Waals surface area (Å²) >= 11 is 0. The zero-order chi connectivity index (χ0) is 37.4. The number of nitrogens with zero attached hydrogens (tertiary/aromatic N) is 2. The molecule has 1 aromatic heterocycles. The van der Waals surface area contributed by atoms with Gasteiger partial charge in [-0.3, -0.25) is 0 Å². The first kappa shape index (κ1) is 38.2. The Labute approximate surface area is 312 Å². The molecule has 3 aromatic rings. The lowest BCUT2D eigenvalue weighted by Crippen LogP contribution is -2.70. The van der Waals surface area contributed by atoms with E-state index >= 15 is 0 Å². The van der Waals surface area contributed by atoms with E-state index in [1.807, 2.05) is 42.5 Å². The van der Waals surface area contributed by atoms with Gasteiger partial charge in [-0.05, 0) is 78.8 Å². The van der Waals surface area contributed by atoms with Gasteiger partial charge in [0.15, 0.2) is 0 Å². The number of carbonyl (C=O) groups excluding carboxylic acids is 1. The van der Waals surface area contributed by atoms with Crippen LogP contribution in [0.1, 0.15) is 62.1 Å². The van der Waals surface area contributed by atoms with Crippen molar-refractivity contribution < 1.29 is 34.1 Å². The number of ether oxygens (including phenoxy) is 3. The molecule has 6 atom stereocenters. The molecule has 1 fully saturated rings. The van der Waals surface area contributed by atoms with Crippen molar-refractivity contribution in [3.05, 3.63) is 96.7 Å². The van der Waals surface area contributed by atoms with Gasteiger partial charge in [0.2, 0.25) is 5.79 Å². The molecule has 2 heterocycles. The van der Waals surface area contributed by atoms with Crippen molar-refractivity contribution >= 4 is 22.6 Å². The molecule has 2 aliphatic carbocycles. The van der Waals surface area contributed by atoms with Crippen molar-refractivity contribution in [3.8, 4) is 11.5 Å². The molecule has 11 heteroatoms. The van der Waals surface area contributed by atoms with Crippen LogP contribution in [0.3, 0.4) is 0 Å². The van der Waals surface area contributed by atoms with Crippen LogP contribution in [0.4, 0.5) is 4.79 Å². The molecule has 0 bridgehead atoms. The summed E-state index contributed by atoms with van der Waals surface area (Å²) in [4.78, 5) is 24.8. The van der Waals surface area contributed by atoms with Gasteiger partial charge in [0.25, 0.3) is 0 Å². The van der Waals surface area contributed by atoms with Gasteiger partial charge in [-0.1, -0.05) is 61.0 Å². The number of para-hydroxylation sites is 1. The summed E-state index contributed by atoms with van der Waals surface area (Å²) in [5.74, 6) is -0.161. The number of fused-ring (bicyclic) bond motifs is 3. The Morgan fingerprint density at radius 1 is 1.08 bits per heavy atom. The molecule has 6 rings (SSSR count). The molecule has 284 valence electrons. The van der Waals surface area contributed by atoms with Crippen LogP contribution in [-0.2, 0) is 16.1 Å². The fourth-order valence-corrected chi connectivity index (χ4v) is 8.75. The standard InChI is InChI=1S/C42H54N4O7/c1-5-21-51-31-17-18-37-34(25-31)39-32(15-10-12-20-48)28(13-9-11-19-47)24-33-36(45-50-4)26-38(42(53-37,40(33)39)52-22-6-2)46(3)41(49)43-27-30-23-29-14-7-8-16-35(29)44-30/h5-8,14,16-18,23-25,28,32,38-40,44,47-48H,1-2,9-13,15,19-22,26-27H2,3-4H3,(H,43,49)/t28-,32+,38-,39+,40+,42+/m0/s1. The molecule has 0 unspecified atom stereocenters. The maximum absolute atomic E-state index is 14.2. The SMILES string of the molecule is C=CCOc1ccc2c(c1)[C@H]1[C@H](CCCCO)[C@@H](CCCCO)C=C3C(=NOC)C[C@H](N(C)C(=O)NCc4cc5ccccc5[nH]4)[C@@](OCC=C)(O2)[C@H]31. The second-order valence-electron chi connectivity index (χ2n) is 14.2. The van der Waals surface area contributed by atoms with Crippen LogP contribution in [0.2, 0.25) is 0 Å². The third-order valence-corrected chi connectivity index (χ3v) is 11.0. The number of hydrogen-bond donors (Lipinski definition) is 4. The first-order valence-corrected chi connectivity index (χ1v) is 18.8. The lowest BCUT2D eigenvalue weighted by molar-refractivity contribution is -0.252. The number of nitrogens with one attached hydrogen (secondary N) is 2. The number of aromatic amines is 1. The third-order valence-electron chi connectivity index (χ3n) is 11.0. The largest absolute Gasteiger partial charge is 0.490 e. The van der Waals surface area contributed by atoms with E-state index in [2.05, 4.69) is 40.8 Å². The molecule has 2 amide bonds. The predicted molar refractivity (Wildman–Crippen MR) is 206 cm³/mol. The minimum Gasteiger partial charge on any atom is -0.490 e. The number of oxime groups is 1. The molecule has 11 nitrogen and oxygen atoms in total. The van der Waals surface area contributed by atoms with E-state index in [-0.39, 0.29) is 49.5 Å². The van der Waals surface area contributed by atoms with Crippen molar-refractivity contribution in [1.82, 2.24) is 15.2 Å². The quantitative estimate of drug-likeness (QED) is 0.0640. The Hall–Kier alpha value is -4.58. The predicted octanol–water partition coefficient (Wildman–Crippen LogP) is 6.84. The van der Waals surface area contributed by atoms with Crippen molar-refractivity contribution in [2.24, 2.45) is 22.9 Å². The van der Waals surface area contributed by atoms with E-state index in [0.29, 0.717) is 43.9 Å². The van der Waals surface area contributed by atoms with Gasteiger partial charge >= 0.3 is 6.03 Å². The van der Waals surface area contributed by atoms with Crippen LogP contribution in [0.15, 0.2) is 90.6 Å². The number of aliphatic hydroxyl groups excluding tert-OH is 2. The summed E-state index contributed by atoms with van der Waals surface area (Å²) in [6.45, 7) is 8.92. The van der Waals surface area contributed by atoms with E-state index in [1.54, 1.807) is 31.2 Å². The number of aromatic nitrogens is 1. The Morgan fingerprint density at radius 3 is 2.58 bits per heavy atom. The molecule has 0 radical (unpaired) electrons. The first-order valence-electron chi connectivity index (χ1n) is 18.8. The Morgan fingerprint density at radius 2 is 1.85 bits per heavy atom. The lowest BCUT2D eigenvalue weighted by atomic mass is 9.55. The average Bonchev–Trinajstić information content (AvgIpc) is 3.60. The number of likely N-dealkylation sites (N-methyl/N-ethyl adjacent to an activating group) is 1. The molecule has 0 spiro atoms. The van der Waals surface area contributed by atoms with E-state index in [1.165, 1.54) is 0 Å². The maximum Gasteiger partial charge on any atom is 0.317 e. The Bertz CT molecular complexity index is 1770. The van der Waals surface area contributed by atoms with Crippen LogP contribution < -0.4 is 14.8 Å². The first-order chi connectivity index (χ1) is 25.9. The van der Waals surface area contributed by atoms with Gasteiger partial charge in [-0.25, -0.2) is 4.79 Å². The summed E-state index contributed by atoms with van der Waals surface area (Å²) in [5, 5.41) is 28.3. The number of urea groups is 1. The highest BCUT2D eigenvalue weighted by molar-refractivity contribution is 6.03. The molecule has 53 heavy (non-hydrogen) atoms. The van der Waals surface area contributed by atoms with Crippen LogP contribution in [0, 0.1) is 17.8 Å². The van der Waals surface area contributed by atoms with Crippen molar-refractivity contribution in [2.75, 3.05) is 40.6 Å². The van der Waals surface area contributed by atoms with E-state index in [0.717, 1.165) is 59.1 Å². The van der Waals surface area contributed by atoms with Gasteiger partial charge < -0.3 is 44.5 Å². The number of aliphatic hydroxyl groups is 2. The van der Waals surface area contributed by atoms with Gasteiger partial charge in [0.1, 0.15) is 31.3 Å². The van der Waals surface area contributed by atoms with Crippen molar-refractivity contribution in [3.63, 3.8) is 0 Å². The highest BCUT2D eigenvalue weighted by Crippen LogP contribution is 2.61. The smallest absolute Gasteiger partial charge is 0.317 e. The number of benzene rings is 2. The van der Waals surface area contributed by atoms with E-state index in [9.17, 15) is 15.0 Å². The van der Waals surface area contributed by atoms with Gasteiger partial charge in [0, 0.05) is 49.4 Å². The fourth-order valence-electron chi connectivity index (χ4n) is 8.75. The molecule has 1 aliphatic heterocycles. The highest BCUT2D eigenvalue weighted by Gasteiger charge is 2.65. The molecular weight excluding hydrogens is 672 g/mol. The Kier molecular flexibility index (Phi) is 12.6. The number of allylic oxidation sites excluding steroid dienone is 1. The molecular formula is C42H54N4O7. The molecule has 2 aromatic carbocycles. The molecule has 0 saturated heterocycles. The highest BCUT2D eigenvalue weighted by atomic mass is 16.7. The summed E-state index contributed by atoms with van der Waals surface area (Å²) in [6, 6.07) is 15.1. The number of H-pyrrole nitrogens is 1. The van der Waals surface area contributed by atoms with Crippen molar-refractivity contribution in [1.29, 1.82) is 0 Å². The summed E-state index contributed by atoms with van der Waals surface area (Å²) < 4.78 is 20.1. The fraction of sp³-hybridized carbons (Fsp3) is 0.476. The maximum atomic E-state index is 14.2. The number of unbranched alkanes of at least 4 members (excludes halogenated alkanes) is 2. The summed E-state index contributed by atoms with van der Waals surface area (Å²) in [7, 11) is 3.32. The van der Waals surface area contributed by atoms with Crippen LogP contribution in [0.25, 0.3) is 10.9 Å². The minimum atomic E-state index is -1.31. The summed E-state index contributed by atoms with van der Waals surface area (Å²) in [5.41, 5.74) is 4.63. The monoisotopic (exact) mass is 726 g/mol. The normalized spacial score (nSPS) is 25.1. The number of amides is 2. The number of carbonyl (C=O) groups is 1. The topological polar surface area (TPSA) is 138 Å². The third kappa shape index (κ3) is 7.88. The second kappa shape index (κ2) is 17.5. The zero-order valence-corrected chi connectivity index (χ0v) is 31.0. The van der Waals surface area contributed by atoms with Gasteiger partial charge in [-0.2, -0.15) is 0 Å². The van der Waals surface area contributed by atoms with E-state index in [4.69, 9.17) is 19.0 Å². The Balaban J connectivity index is 1.46. The van der Waals surface area contributed by atoms with Crippen molar-refractivity contribution in [2.45, 2.75) is 69.2 Å². The molecule has 3 aliphatic rings. The number of rotatable bonds is 18. The molecule has 1 saturated carbocycles. The lowest BCUT2D eigenvalue weighted by Gasteiger charge is -2.59. The van der Waals surface area contributed by atoms with Crippen LogP contribution in [-0.4, -0.2) is 84.3 Å². The van der Waals surface area contributed by atoms with Gasteiger partial charge in [0.05, 0.1) is 24.8 Å². The van der Waals surface area contributed by atoms with E-state index < -0.39 is 11.8 Å². The van der Waals surface area contributed by atoms with Crippen LogP contribution >= 0.6 is 0 Å². The summed E-state index contributed by atoms with van der Waals surface area (Å²) in [6.07, 6.45) is 10.9. The van der Waals surface area contributed by atoms with Crippen LogP contribution in [0.5, 0.6) is 11.5 Å². The molecule has 4 N–H and O–H groups in total. The van der Waals surface area contributed by atoms with Gasteiger partial charge in [-0.15, -0.1) is 6.58 Å². The minimum absolute atomic E-state index is 0.119. The second-order valence-corrected chi connectivity index (χ2v) is 14.2. The number of hydrogen-bond acceptors (Lipinski definition) is 8.